The van der Waals surface area contributed by atoms with Crippen LogP contribution >= 0.6 is 0 Å². The molecule has 33 heavy (non-hydrogen) atoms. The lowest BCUT2D eigenvalue weighted by Gasteiger charge is -2.27. The molecule has 1 fully saturated rings. The van der Waals surface area contributed by atoms with Crippen molar-refractivity contribution in [1.29, 1.82) is 26.3 Å². The van der Waals surface area contributed by atoms with Crippen LogP contribution in [0.1, 0.15) is 0 Å². The van der Waals surface area contributed by atoms with Crippen molar-refractivity contribution in [2.24, 2.45) is 0 Å². The second-order valence-electron chi connectivity index (χ2n) is 7.49. The molecule has 2 amide bonds. The van der Waals surface area contributed by atoms with Crippen LogP contribution in [0, 0.1) is 56.7 Å². The fourth-order valence-electron chi connectivity index (χ4n) is 3.40. The van der Waals surface area contributed by atoms with Gasteiger partial charge in [-0.1, -0.05) is 0 Å². The predicted molar refractivity (Wildman–Crippen MR) is 119 cm³/mol. The number of hydrogen-bond acceptors (Lipinski definition) is 10. The highest BCUT2D eigenvalue weighted by Gasteiger charge is 2.28. The molecular weight excluding hydrogens is 422 g/mol. The SMILES string of the molecule is N#CCNCCN(CCN(CC#N)CC#N)CCN1CCN(CCN(CC#N)CC#N)C1=O. The largest absolute Gasteiger partial charge is 0.322 e. The average molecular weight is 454 g/mol. The number of nitrogens with zero attached hydrogens (tertiary/aromatic N) is 10. The molecule has 0 radical (unpaired) electrons. The lowest BCUT2D eigenvalue weighted by molar-refractivity contribution is 0.174. The van der Waals surface area contributed by atoms with Crippen molar-refractivity contribution >= 4 is 6.03 Å². The van der Waals surface area contributed by atoms with E-state index in [1.54, 1.807) is 19.6 Å². The first kappa shape index (κ1) is 27.6. The summed E-state index contributed by atoms with van der Waals surface area (Å²) in [5.74, 6) is 0. The van der Waals surface area contributed by atoms with Crippen LogP contribution in [0.5, 0.6) is 0 Å². The minimum atomic E-state index is -0.0537. The van der Waals surface area contributed by atoms with Gasteiger partial charge in [0.2, 0.25) is 0 Å². The average Bonchev–Trinajstić information content (AvgIpc) is 3.16. The van der Waals surface area contributed by atoms with E-state index in [9.17, 15) is 4.79 Å². The zero-order valence-corrected chi connectivity index (χ0v) is 19.0. The topological polar surface area (TPSA) is 164 Å². The van der Waals surface area contributed by atoms with Gasteiger partial charge in [-0.15, -0.1) is 0 Å². The van der Waals surface area contributed by atoms with Crippen molar-refractivity contribution in [2.75, 3.05) is 98.2 Å². The number of urea groups is 1. The normalized spacial score (nSPS) is 13.1. The number of nitrogens with one attached hydrogen (secondary N) is 1. The van der Waals surface area contributed by atoms with Gasteiger partial charge in [-0.3, -0.25) is 14.7 Å². The van der Waals surface area contributed by atoms with Gasteiger partial charge in [-0.25, -0.2) is 4.79 Å². The number of amides is 2. The lowest BCUT2D eigenvalue weighted by atomic mass is 10.3. The maximum atomic E-state index is 12.7. The summed E-state index contributed by atoms with van der Waals surface area (Å²) in [6.07, 6.45) is 0. The van der Waals surface area contributed by atoms with Gasteiger partial charge < -0.3 is 15.1 Å². The maximum Gasteiger partial charge on any atom is 0.320 e. The minimum Gasteiger partial charge on any atom is -0.322 e. The molecule has 1 N–H and O–H groups in total. The Balaban J connectivity index is 2.55. The summed E-state index contributed by atoms with van der Waals surface area (Å²) in [7, 11) is 0. The third kappa shape index (κ3) is 11.1. The minimum absolute atomic E-state index is 0.0537. The van der Waals surface area contributed by atoms with Crippen LogP contribution in [0.15, 0.2) is 0 Å². The number of hydrogen-bond donors (Lipinski definition) is 1. The van der Waals surface area contributed by atoms with Gasteiger partial charge in [0.25, 0.3) is 0 Å². The molecule has 0 aromatic carbocycles. The van der Waals surface area contributed by atoms with Crippen molar-refractivity contribution in [3.05, 3.63) is 0 Å². The molecule has 0 unspecified atom stereocenters. The van der Waals surface area contributed by atoms with E-state index in [1.165, 1.54) is 0 Å². The highest BCUT2D eigenvalue weighted by molar-refractivity contribution is 5.76. The summed E-state index contributed by atoms with van der Waals surface area (Å²) >= 11 is 0. The van der Waals surface area contributed by atoms with E-state index >= 15 is 0 Å². The third-order valence-electron chi connectivity index (χ3n) is 5.27. The summed E-state index contributed by atoms with van der Waals surface area (Å²) in [4.78, 5) is 21.9. The van der Waals surface area contributed by atoms with E-state index in [4.69, 9.17) is 26.3 Å². The summed E-state index contributed by atoms with van der Waals surface area (Å²) in [5, 5.41) is 47.3. The smallest absolute Gasteiger partial charge is 0.320 e. The van der Waals surface area contributed by atoms with E-state index in [0.29, 0.717) is 65.4 Å². The molecule has 0 atom stereocenters. The van der Waals surface area contributed by atoms with Crippen molar-refractivity contribution < 1.29 is 4.79 Å². The molecule has 176 valence electrons. The lowest BCUT2D eigenvalue weighted by Crippen LogP contribution is -2.44. The molecule has 0 bridgehead atoms. The van der Waals surface area contributed by atoms with Gasteiger partial charge in [0.1, 0.15) is 0 Å². The van der Waals surface area contributed by atoms with E-state index < -0.39 is 0 Å². The molecule has 1 heterocycles. The zero-order valence-electron chi connectivity index (χ0n) is 19.0. The summed E-state index contributed by atoms with van der Waals surface area (Å²) in [5.41, 5.74) is 0. The second-order valence-corrected chi connectivity index (χ2v) is 7.49. The van der Waals surface area contributed by atoms with Gasteiger partial charge in [-0.2, -0.15) is 26.3 Å². The van der Waals surface area contributed by atoms with Crippen LogP contribution in [0.25, 0.3) is 0 Å². The highest BCUT2D eigenvalue weighted by atomic mass is 16.2. The van der Waals surface area contributed by atoms with Gasteiger partial charge in [0.15, 0.2) is 0 Å². The Bertz CT molecular complexity index is 765. The molecule has 1 saturated heterocycles. The Hall–Kier alpha value is -3.44. The molecule has 0 aromatic rings. The first-order chi connectivity index (χ1) is 16.1. The molecule has 0 aromatic heterocycles. The van der Waals surface area contributed by atoms with Crippen LogP contribution < -0.4 is 5.32 Å². The predicted octanol–water partition coefficient (Wildman–Crippen LogP) is -1.16. The fraction of sp³-hybridized carbons (Fsp3) is 0.714. The van der Waals surface area contributed by atoms with Crippen LogP contribution in [0.3, 0.4) is 0 Å². The monoisotopic (exact) mass is 453 g/mol. The van der Waals surface area contributed by atoms with Crippen LogP contribution in [-0.4, -0.2) is 129 Å². The Morgan fingerprint density at radius 3 is 1.61 bits per heavy atom. The number of rotatable bonds is 17. The number of carbonyl (C=O) groups is 1. The molecule has 1 rings (SSSR count). The molecule has 12 nitrogen and oxygen atoms in total. The molecule has 12 heteroatoms. The fourth-order valence-corrected chi connectivity index (χ4v) is 3.40. The Labute approximate surface area is 196 Å². The highest BCUT2D eigenvalue weighted by Crippen LogP contribution is 2.09. The maximum absolute atomic E-state index is 12.7. The van der Waals surface area contributed by atoms with Crippen LogP contribution in [-0.2, 0) is 0 Å². The van der Waals surface area contributed by atoms with Crippen LogP contribution in [0.2, 0.25) is 0 Å². The standard InChI is InChI=1S/C21H31N11O/c22-1-6-27-7-12-30(14-13-28(8-2-23)9-3-24)16-18-32-20-19-31(21(32)33)17-15-29(10-4-25)11-5-26/h27H,6-20H2. The second kappa shape index (κ2) is 17.2. The first-order valence-corrected chi connectivity index (χ1v) is 10.9. The molecular formula is C21H31N11O. The quantitative estimate of drug-likeness (QED) is 0.210. The van der Waals surface area contributed by atoms with Crippen molar-refractivity contribution in [2.45, 2.75) is 0 Å². The Morgan fingerprint density at radius 2 is 1.12 bits per heavy atom. The molecule has 0 aliphatic carbocycles. The van der Waals surface area contributed by atoms with Gasteiger partial charge >= 0.3 is 6.03 Å². The Kier molecular flexibility index (Phi) is 14.3. The van der Waals surface area contributed by atoms with E-state index in [1.807, 2.05) is 18.2 Å². The zero-order chi connectivity index (χ0) is 24.3. The number of nitriles is 5. The van der Waals surface area contributed by atoms with Crippen molar-refractivity contribution in [3.63, 3.8) is 0 Å². The third-order valence-corrected chi connectivity index (χ3v) is 5.27. The van der Waals surface area contributed by atoms with Gasteiger partial charge in [-0.05, 0) is 0 Å². The van der Waals surface area contributed by atoms with Gasteiger partial charge in [0, 0.05) is 65.4 Å². The molecule has 0 spiro atoms. The van der Waals surface area contributed by atoms with E-state index in [0.717, 1.165) is 0 Å². The van der Waals surface area contributed by atoms with Crippen molar-refractivity contribution in [1.82, 2.24) is 29.8 Å². The Morgan fingerprint density at radius 1 is 0.667 bits per heavy atom. The summed E-state index contributed by atoms with van der Waals surface area (Å²) in [6, 6.07) is 10.2. The van der Waals surface area contributed by atoms with E-state index in [2.05, 4.69) is 22.4 Å². The molecule has 0 saturated carbocycles. The van der Waals surface area contributed by atoms with Crippen molar-refractivity contribution in [3.8, 4) is 30.3 Å². The van der Waals surface area contributed by atoms with Gasteiger partial charge in [0.05, 0.1) is 63.1 Å². The summed E-state index contributed by atoms with van der Waals surface area (Å²) in [6.45, 7) is 6.79. The summed E-state index contributed by atoms with van der Waals surface area (Å²) < 4.78 is 0. The number of carbonyl (C=O) groups excluding carboxylic acids is 1. The molecule has 1 aliphatic heterocycles. The molecule has 1 aliphatic rings. The van der Waals surface area contributed by atoms with Crippen LogP contribution in [0.4, 0.5) is 4.79 Å². The van der Waals surface area contributed by atoms with E-state index in [-0.39, 0.29) is 38.8 Å². The first-order valence-electron chi connectivity index (χ1n) is 10.9.